The van der Waals surface area contributed by atoms with E-state index < -0.39 is 5.91 Å². The standard InChI is InChI=1S/C14H15NO4/c1-2-9(8-16)15-14(18)13-7-11(17)10-5-3-4-6-12(10)19-13/h3-7,9,16H,2,8H2,1H3,(H,15,18)/t9-/m0/s1. The topological polar surface area (TPSA) is 79.5 Å². The first-order chi connectivity index (χ1) is 9.15. The number of rotatable bonds is 4. The highest BCUT2D eigenvalue weighted by Gasteiger charge is 2.15. The van der Waals surface area contributed by atoms with Crippen molar-refractivity contribution >= 4 is 16.9 Å². The average molecular weight is 261 g/mol. The SMILES string of the molecule is CC[C@@H](CO)NC(=O)c1cc(=O)c2ccccc2o1. The van der Waals surface area contributed by atoms with Crippen LogP contribution < -0.4 is 10.7 Å². The van der Waals surface area contributed by atoms with Gasteiger partial charge in [0.1, 0.15) is 5.58 Å². The van der Waals surface area contributed by atoms with Crippen LogP contribution in [0.4, 0.5) is 0 Å². The van der Waals surface area contributed by atoms with Gasteiger partial charge < -0.3 is 14.8 Å². The van der Waals surface area contributed by atoms with Gasteiger partial charge in [0.2, 0.25) is 0 Å². The van der Waals surface area contributed by atoms with E-state index in [-0.39, 0.29) is 23.8 Å². The predicted molar refractivity (Wildman–Crippen MR) is 71.1 cm³/mol. The lowest BCUT2D eigenvalue weighted by Crippen LogP contribution is -2.37. The van der Waals surface area contributed by atoms with Gasteiger partial charge in [-0.2, -0.15) is 0 Å². The van der Waals surface area contributed by atoms with Crippen molar-refractivity contribution < 1.29 is 14.3 Å². The number of carbonyl (C=O) groups is 1. The Labute approximate surface area is 109 Å². The van der Waals surface area contributed by atoms with Crippen molar-refractivity contribution in [2.75, 3.05) is 6.61 Å². The van der Waals surface area contributed by atoms with E-state index in [1.807, 2.05) is 6.92 Å². The molecule has 2 rings (SSSR count). The fourth-order valence-electron chi connectivity index (χ4n) is 1.75. The van der Waals surface area contributed by atoms with Crippen molar-refractivity contribution in [1.29, 1.82) is 0 Å². The number of carbonyl (C=O) groups excluding carboxylic acids is 1. The summed E-state index contributed by atoms with van der Waals surface area (Å²) in [5.41, 5.74) is 0.112. The lowest BCUT2D eigenvalue weighted by atomic mass is 10.2. The zero-order valence-corrected chi connectivity index (χ0v) is 10.6. The first-order valence-corrected chi connectivity index (χ1v) is 6.10. The Morgan fingerprint density at radius 1 is 1.42 bits per heavy atom. The maximum atomic E-state index is 11.9. The highest BCUT2D eigenvalue weighted by atomic mass is 16.3. The number of aliphatic hydroxyl groups excluding tert-OH is 1. The first-order valence-electron chi connectivity index (χ1n) is 6.10. The van der Waals surface area contributed by atoms with Crippen LogP contribution in [0.25, 0.3) is 11.0 Å². The molecule has 0 unspecified atom stereocenters. The Kier molecular flexibility index (Phi) is 3.97. The molecule has 0 aliphatic carbocycles. The number of nitrogens with one attached hydrogen (secondary N) is 1. The third-order valence-corrected chi connectivity index (χ3v) is 2.91. The molecular weight excluding hydrogens is 246 g/mol. The van der Waals surface area contributed by atoms with Crippen molar-refractivity contribution in [3.05, 3.63) is 46.3 Å². The molecule has 0 aliphatic rings. The summed E-state index contributed by atoms with van der Waals surface area (Å²) in [4.78, 5) is 23.8. The van der Waals surface area contributed by atoms with E-state index in [0.29, 0.717) is 17.4 Å². The van der Waals surface area contributed by atoms with E-state index in [0.717, 1.165) is 0 Å². The van der Waals surface area contributed by atoms with Crippen LogP contribution in [0.3, 0.4) is 0 Å². The monoisotopic (exact) mass is 261 g/mol. The highest BCUT2D eigenvalue weighted by Crippen LogP contribution is 2.11. The fourth-order valence-corrected chi connectivity index (χ4v) is 1.75. The Balaban J connectivity index is 2.35. The second-order valence-electron chi connectivity index (χ2n) is 4.23. The van der Waals surface area contributed by atoms with Gasteiger partial charge in [-0.05, 0) is 18.6 Å². The maximum Gasteiger partial charge on any atom is 0.287 e. The van der Waals surface area contributed by atoms with Gasteiger partial charge in [-0.15, -0.1) is 0 Å². The third-order valence-electron chi connectivity index (χ3n) is 2.91. The van der Waals surface area contributed by atoms with Gasteiger partial charge in [0.25, 0.3) is 5.91 Å². The molecule has 100 valence electrons. The Morgan fingerprint density at radius 3 is 2.84 bits per heavy atom. The van der Waals surface area contributed by atoms with Crippen LogP contribution >= 0.6 is 0 Å². The molecule has 0 saturated carbocycles. The van der Waals surface area contributed by atoms with Crippen molar-refractivity contribution in [3.8, 4) is 0 Å². The Hall–Kier alpha value is -2.14. The Morgan fingerprint density at radius 2 is 2.16 bits per heavy atom. The smallest absolute Gasteiger partial charge is 0.287 e. The Bertz CT molecular complexity index is 643. The normalized spacial score (nSPS) is 12.3. The van der Waals surface area contributed by atoms with E-state index in [1.165, 1.54) is 6.07 Å². The number of benzene rings is 1. The molecule has 1 aromatic heterocycles. The molecule has 0 aliphatic heterocycles. The summed E-state index contributed by atoms with van der Waals surface area (Å²) in [6.07, 6.45) is 0.597. The lowest BCUT2D eigenvalue weighted by Gasteiger charge is -2.13. The molecule has 0 bridgehead atoms. The van der Waals surface area contributed by atoms with Crippen LogP contribution in [0.5, 0.6) is 0 Å². The van der Waals surface area contributed by atoms with Gasteiger partial charge in [-0.25, -0.2) is 0 Å². The largest absolute Gasteiger partial charge is 0.451 e. The minimum absolute atomic E-state index is 0.0457. The molecule has 1 amide bonds. The molecule has 1 aromatic carbocycles. The zero-order chi connectivity index (χ0) is 13.8. The van der Waals surface area contributed by atoms with Gasteiger partial charge >= 0.3 is 0 Å². The predicted octanol–water partition coefficient (Wildman–Crippen LogP) is 1.29. The summed E-state index contributed by atoms with van der Waals surface area (Å²) in [5.74, 6) is -0.542. The lowest BCUT2D eigenvalue weighted by molar-refractivity contribution is 0.0887. The number of amides is 1. The van der Waals surface area contributed by atoms with Crippen LogP contribution in [0.1, 0.15) is 23.9 Å². The van der Waals surface area contributed by atoms with Gasteiger partial charge in [0.05, 0.1) is 18.0 Å². The molecule has 1 atom stereocenters. The molecule has 5 heteroatoms. The molecule has 0 fully saturated rings. The minimum atomic E-state index is -0.497. The van der Waals surface area contributed by atoms with Crippen molar-refractivity contribution in [1.82, 2.24) is 5.32 Å². The first kappa shape index (κ1) is 13.3. The van der Waals surface area contributed by atoms with Gasteiger partial charge in [-0.3, -0.25) is 9.59 Å². The molecule has 1 heterocycles. The number of hydrogen-bond acceptors (Lipinski definition) is 4. The van der Waals surface area contributed by atoms with Crippen LogP contribution in [-0.2, 0) is 0 Å². The molecule has 5 nitrogen and oxygen atoms in total. The summed E-state index contributed by atoms with van der Waals surface area (Å²) >= 11 is 0. The molecular formula is C14H15NO4. The molecule has 0 radical (unpaired) electrons. The molecule has 19 heavy (non-hydrogen) atoms. The average Bonchev–Trinajstić information content (AvgIpc) is 2.44. The van der Waals surface area contributed by atoms with Crippen molar-refractivity contribution in [2.24, 2.45) is 0 Å². The third kappa shape index (κ3) is 2.82. The summed E-state index contributed by atoms with van der Waals surface area (Å²) in [7, 11) is 0. The van der Waals surface area contributed by atoms with E-state index in [1.54, 1.807) is 24.3 Å². The number of aliphatic hydroxyl groups is 1. The quantitative estimate of drug-likeness (QED) is 0.869. The van der Waals surface area contributed by atoms with Crippen LogP contribution in [-0.4, -0.2) is 23.7 Å². The van der Waals surface area contributed by atoms with E-state index in [4.69, 9.17) is 9.52 Å². The summed E-state index contributed by atoms with van der Waals surface area (Å²) < 4.78 is 5.40. The van der Waals surface area contributed by atoms with Gasteiger partial charge in [0, 0.05) is 6.07 Å². The minimum Gasteiger partial charge on any atom is -0.451 e. The second kappa shape index (κ2) is 5.67. The van der Waals surface area contributed by atoms with Crippen molar-refractivity contribution in [2.45, 2.75) is 19.4 Å². The second-order valence-corrected chi connectivity index (χ2v) is 4.23. The molecule has 0 spiro atoms. The number of fused-ring (bicyclic) bond motifs is 1. The summed E-state index contributed by atoms with van der Waals surface area (Å²) in [5, 5.41) is 12.1. The summed E-state index contributed by atoms with van der Waals surface area (Å²) in [6, 6.07) is 7.57. The van der Waals surface area contributed by atoms with Crippen LogP contribution in [0.15, 0.2) is 39.5 Å². The van der Waals surface area contributed by atoms with Crippen LogP contribution in [0, 0.1) is 0 Å². The van der Waals surface area contributed by atoms with E-state index >= 15 is 0 Å². The highest BCUT2D eigenvalue weighted by molar-refractivity contribution is 5.93. The van der Waals surface area contributed by atoms with Crippen LogP contribution in [0.2, 0.25) is 0 Å². The van der Waals surface area contributed by atoms with Gasteiger partial charge in [0.15, 0.2) is 11.2 Å². The summed E-state index contributed by atoms with van der Waals surface area (Å²) in [6.45, 7) is 1.69. The maximum absolute atomic E-state index is 11.9. The van der Waals surface area contributed by atoms with Gasteiger partial charge in [-0.1, -0.05) is 19.1 Å². The number of hydrogen-bond donors (Lipinski definition) is 2. The van der Waals surface area contributed by atoms with E-state index in [2.05, 4.69) is 5.32 Å². The molecule has 2 aromatic rings. The fraction of sp³-hybridized carbons (Fsp3) is 0.286. The van der Waals surface area contributed by atoms with Crippen molar-refractivity contribution in [3.63, 3.8) is 0 Å². The molecule has 2 N–H and O–H groups in total. The zero-order valence-electron chi connectivity index (χ0n) is 10.6. The van der Waals surface area contributed by atoms with E-state index in [9.17, 15) is 9.59 Å². The molecule has 0 saturated heterocycles. The number of para-hydroxylation sites is 1.